The fraction of sp³-hybridized carbons (Fsp3) is 0.333. The highest BCUT2D eigenvalue weighted by Crippen LogP contribution is 2.36. The number of piperidine rings is 1. The molecule has 2 saturated heterocycles. The van der Waals surface area contributed by atoms with Gasteiger partial charge in [-0.25, -0.2) is 4.39 Å². The molecule has 0 saturated carbocycles. The van der Waals surface area contributed by atoms with Crippen molar-refractivity contribution in [1.29, 1.82) is 0 Å². The zero-order valence-corrected chi connectivity index (χ0v) is 17.7. The van der Waals surface area contributed by atoms with E-state index in [0.29, 0.717) is 31.7 Å². The van der Waals surface area contributed by atoms with Crippen molar-refractivity contribution in [3.8, 4) is 0 Å². The second-order valence-corrected chi connectivity index (χ2v) is 8.47. The van der Waals surface area contributed by atoms with E-state index >= 15 is 0 Å². The summed E-state index contributed by atoms with van der Waals surface area (Å²) < 4.78 is 13.3. The number of nitrogens with one attached hydrogen (secondary N) is 3. The number of likely N-dealkylation sites (tertiary alicyclic amines) is 1. The molecule has 2 aliphatic rings. The number of hydrogen-bond acceptors (Lipinski definition) is 4. The maximum atomic E-state index is 13.3. The first-order chi connectivity index (χ1) is 15.5. The predicted octanol–water partition coefficient (Wildman–Crippen LogP) is 2.47. The standard InChI is InChI=1S/C24H26FN5O2/c25-18-5-7-19(8-6-18)30-16-27-23(32)24(30)9-12-29(13-10-24)14-11-26-22(31)21-15-17-3-1-2-4-20(17)28-21/h1-8,15,28H,9-14,16H2,(H,26,31)(H,27,32). The largest absolute Gasteiger partial charge is 0.351 e. The third-order valence-electron chi connectivity index (χ3n) is 6.65. The van der Waals surface area contributed by atoms with Gasteiger partial charge in [-0.05, 0) is 49.2 Å². The summed E-state index contributed by atoms with van der Waals surface area (Å²) in [7, 11) is 0. The van der Waals surface area contributed by atoms with Crippen LogP contribution in [0.1, 0.15) is 23.3 Å². The lowest BCUT2D eigenvalue weighted by Crippen LogP contribution is -2.57. The van der Waals surface area contributed by atoms with E-state index in [1.807, 2.05) is 30.3 Å². The summed E-state index contributed by atoms with van der Waals surface area (Å²) in [6, 6.07) is 16.0. The first-order valence-electron chi connectivity index (χ1n) is 10.9. The molecule has 2 amide bonds. The lowest BCUT2D eigenvalue weighted by atomic mass is 9.85. The molecule has 2 aromatic carbocycles. The van der Waals surface area contributed by atoms with Gasteiger partial charge in [-0.1, -0.05) is 18.2 Å². The van der Waals surface area contributed by atoms with Crippen molar-refractivity contribution in [2.75, 3.05) is 37.7 Å². The van der Waals surface area contributed by atoms with Crippen molar-refractivity contribution in [1.82, 2.24) is 20.5 Å². The van der Waals surface area contributed by atoms with Crippen molar-refractivity contribution in [2.45, 2.75) is 18.4 Å². The number of fused-ring (bicyclic) bond motifs is 1. The third-order valence-corrected chi connectivity index (χ3v) is 6.65. The molecule has 1 spiro atoms. The molecule has 2 fully saturated rings. The van der Waals surface area contributed by atoms with Gasteiger partial charge in [-0.15, -0.1) is 0 Å². The number of halogens is 1. The number of aromatic amines is 1. The highest BCUT2D eigenvalue weighted by Gasteiger charge is 2.50. The SMILES string of the molecule is O=C(NCCN1CCC2(CC1)C(=O)NCN2c1ccc(F)cc1)c1cc2ccccc2[nH]1. The second-order valence-electron chi connectivity index (χ2n) is 8.47. The van der Waals surface area contributed by atoms with E-state index in [9.17, 15) is 14.0 Å². The molecule has 3 aromatic rings. The summed E-state index contributed by atoms with van der Waals surface area (Å²) in [4.78, 5) is 32.7. The van der Waals surface area contributed by atoms with Gasteiger partial charge in [0.05, 0.1) is 6.67 Å². The molecule has 3 heterocycles. The van der Waals surface area contributed by atoms with E-state index in [0.717, 1.165) is 36.2 Å². The molecule has 3 N–H and O–H groups in total. The molecule has 1 aromatic heterocycles. The number of H-pyrrole nitrogens is 1. The molecule has 32 heavy (non-hydrogen) atoms. The van der Waals surface area contributed by atoms with E-state index in [4.69, 9.17) is 0 Å². The number of aromatic nitrogens is 1. The van der Waals surface area contributed by atoms with Crippen LogP contribution in [0.15, 0.2) is 54.6 Å². The highest BCUT2D eigenvalue weighted by atomic mass is 19.1. The molecule has 0 radical (unpaired) electrons. The Bertz CT molecular complexity index is 1100. The molecule has 8 heteroatoms. The number of carbonyl (C=O) groups excluding carboxylic acids is 2. The summed E-state index contributed by atoms with van der Waals surface area (Å²) in [5.74, 6) is -0.369. The molecular formula is C24H26FN5O2. The Morgan fingerprint density at radius 2 is 1.84 bits per heavy atom. The lowest BCUT2D eigenvalue weighted by Gasteiger charge is -2.43. The average Bonchev–Trinajstić information content (AvgIpc) is 3.38. The Kier molecular flexibility index (Phi) is 5.30. The number of hydrogen-bond donors (Lipinski definition) is 3. The van der Waals surface area contributed by atoms with E-state index in [1.54, 1.807) is 12.1 Å². The minimum atomic E-state index is -0.595. The Morgan fingerprint density at radius 3 is 2.59 bits per heavy atom. The van der Waals surface area contributed by atoms with Crippen LogP contribution in [-0.2, 0) is 4.79 Å². The van der Waals surface area contributed by atoms with E-state index < -0.39 is 5.54 Å². The van der Waals surface area contributed by atoms with Gasteiger partial charge in [0.25, 0.3) is 5.91 Å². The van der Waals surface area contributed by atoms with Crippen LogP contribution in [-0.4, -0.2) is 60.1 Å². The third kappa shape index (κ3) is 3.71. The van der Waals surface area contributed by atoms with Gasteiger partial charge in [-0.2, -0.15) is 0 Å². The Morgan fingerprint density at radius 1 is 1.09 bits per heavy atom. The van der Waals surface area contributed by atoms with Crippen LogP contribution >= 0.6 is 0 Å². The molecule has 166 valence electrons. The zero-order valence-electron chi connectivity index (χ0n) is 17.7. The Hall–Kier alpha value is -3.39. The number of amides is 2. The molecule has 0 bridgehead atoms. The maximum Gasteiger partial charge on any atom is 0.267 e. The van der Waals surface area contributed by atoms with Crippen molar-refractivity contribution < 1.29 is 14.0 Å². The molecule has 5 rings (SSSR count). The molecule has 0 aliphatic carbocycles. The quantitative estimate of drug-likeness (QED) is 0.575. The van der Waals surface area contributed by atoms with Gasteiger partial charge in [0.1, 0.15) is 17.1 Å². The molecule has 0 atom stereocenters. The van der Waals surface area contributed by atoms with Crippen LogP contribution in [0.3, 0.4) is 0 Å². The molecule has 7 nitrogen and oxygen atoms in total. The normalized spacial score (nSPS) is 18.3. The van der Waals surface area contributed by atoms with Crippen molar-refractivity contribution in [3.05, 3.63) is 66.1 Å². The first kappa shape index (κ1) is 20.5. The van der Waals surface area contributed by atoms with Crippen molar-refractivity contribution >= 4 is 28.4 Å². The van der Waals surface area contributed by atoms with Crippen LogP contribution in [0, 0.1) is 5.82 Å². The number of para-hydroxylation sites is 1. The topological polar surface area (TPSA) is 80.5 Å². The molecular weight excluding hydrogens is 409 g/mol. The van der Waals surface area contributed by atoms with Crippen LogP contribution in [0.2, 0.25) is 0 Å². The summed E-state index contributed by atoms with van der Waals surface area (Å²) in [6.45, 7) is 3.21. The summed E-state index contributed by atoms with van der Waals surface area (Å²) >= 11 is 0. The van der Waals surface area contributed by atoms with Crippen LogP contribution in [0.5, 0.6) is 0 Å². The highest BCUT2D eigenvalue weighted by molar-refractivity contribution is 5.98. The smallest absolute Gasteiger partial charge is 0.267 e. The Labute approximate surface area is 185 Å². The average molecular weight is 436 g/mol. The number of nitrogens with zero attached hydrogens (tertiary/aromatic N) is 2. The number of benzene rings is 2. The molecule has 2 aliphatic heterocycles. The molecule has 0 unspecified atom stereocenters. The van der Waals surface area contributed by atoms with Crippen molar-refractivity contribution in [3.63, 3.8) is 0 Å². The van der Waals surface area contributed by atoms with E-state index in [2.05, 4.69) is 25.4 Å². The lowest BCUT2D eigenvalue weighted by molar-refractivity contribution is -0.125. The maximum absolute atomic E-state index is 13.3. The van der Waals surface area contributed by atoms with Crippen LogP contribution in [0.4, 0.5) is 10.1 Å². The second kappa shape index (κ2) is 8.27. The van der Waals surface area contributed by atoms with Gasteiger partial charge in [0, 0.05) is 42.8 Å². The van der Waals surface area contributed by atoms with Gasteiger partial charge in [0.15, 0.2) is 0 Å². The minimum Gasteiger partial charge on any atom is -0.351 e. The summed E-state index contributed by atoms with van der Waals surface area (Å²) in [5, 5.41) is 6.95. The van der Waals surface area contributed by atoms with Crippen LogP contribution in [0.25, 0.3) is 10.9 Å². The fourth-order valence-corrected chi connectivity index (χ4v) is 4.81. The van der Waals surface area contributed by atoms with Gasteiger partial charge >= 0.3 is 0 Å². The predicted molar refractivity (Wildman–Crippen MR) is 121 cm³/mol. The van der Waals surface area contributed by atoms with Crippen LogP contribution < -0.4 is 15.5 Å². The monoisotopic (exact) mass is 435 g/mol. The zero-order chi connectivity index (χ0) is 22.1. The Balaban J connectivity index is 1.16. The minimum absolute atomic E-state index is 0.0357. The van der Waals surface area contributed by atoms with E-state index in [1.165, 1.54) is 12.1 Å². The number of anilines is 1. The van der Waals surface area contributed by atoms with E-state index in [-0.39, 0.29) is 17.6 Å². The van der Waals surface area contributed by atoms with Gasteiger partial charge in [-0.3, -0.25) is 9.59 Å². The fourth-order valence-electron chi connectivity index (χ4n) is 4.81. The first-order valence-corrected chi connectivity index (χ1v) is 10.9. The van der Waals surface area contributed by atoms with Gasteiger partial charge in [0.2, 0.25) is 5.91 Å². The van der Waals surface area contributed by atoms with Gasteiger partial charge < -0.3 is 25.4 Å². The number of rotatable bonds is 5. The summed E-state index contributed by atoms with van der Waals surface area (Å²) in [6.07, 6.45) is 1.37. The summed E-state index contributed by atoms with van der Waals surface area (Å²) in [5.41, 5.74) is 1.76. The number of carbonyl (C=O) groups is 2. The van der Waals surface area contributed by atoms with Crippen molar-refractivity contribution in [2.24, 2.45) is 0 Å².